The second kappa shape index (κ2) is 7.74. The van der Waals surface area contributed by atoms with Gasteiger partial charge in [-0.25, -0.2) is 9.97 Å². The number of nitrogens with two attached hydrogens (primary N) is 1. The standard InChI is InChI=1S/C18H21N5O2/c19-16(24)3-1-9-22-10-6-15(13-17(22)25)14-4-11-23(12-5-14)18-20-7-2-8-21-18/h2,4,6-8,10,13H,1,3,5,9,11-12H2,(H2,19,24). The van der Waals surface area contributed by atoms with Crippen molar-refractivity contribution in [1.29, 1.82) is 0 Å². The first-order valence-corrected chi connectivity index (χ1v) is 8.33. The summed E-state index contributed by atoms with van der Waals surface area (Å²) < 4.78 is 1.61. The fourth-order valence-corrected chi connectivity index (χ4v) is 2.88. The molecule has 0 radical (unpaired) electrons. The van der Waals surface area contributed by atoms with Crippen LogP contribution in [0.3, 0.4) is 0 Å². The van der Waals surface area contributed by atoms with Gasteiger partial charge in [-0.1, -0.05) is 6.08 Å². The minimum Gasteiger partial charge on any atom is -0.370 e. The molecular formula is C18H21N5O2. The largest absolute Gasteiger partial charge is 0.370 e. The number of nitrogens with zero attached hydrogens (tertiary/aromatic N) is 4. The molecule has 2 aromatic heterocycles. The van der Waals surface area contributed by atoms with Gasteiger partial charge in [-0.3, -0.25) is 9.59 Å². The summed E-state index contributed by atoms with van der Waals surface area (Å²) in [6, 6.07) is 5.41. The summed E-state index contributed by atoms with van der Waals surface area (Å²) >= 11 is 0. The van der Waals surface area contributed by atoms with Crippen LogP contribution in [0, 0.1) is 0 Å². The molecule has 0 bridgehead atoms. The Bertz CT molecular complexity index is 829. The van der Waals surface area contributed by atoms with E-state index in [1.807, 2.05) is 6.07 Å². The molecule has 2 N–H and O–H groups in total. The summed E-state index contributed by atoms with van der Waals surface area (Å²) in [5, 5.41) is 0. The van der Waals surface area contributed by atoms with Crippen LogP contribution in [-0.2, 0) is 11.3 Å². The van der Waals surface area contributed by atoms with Crippen molar-refractivity contribution in [3.05, 3.63) is 58.8 Å². The highest BCUT2D eigenvalue weighted by molar-refractivity contribution is 5.73. The number of anilines is 1. The maximum absolute atomic E-state index is 12.2. The number of primary amides is 1. The smallest absolute Gasteiger partial charge is 0.251 e. The molecule has 7 nitrogen and oxygen atoms in total. The van der Waals surface area contributed by atoms with Crippen LogP contribution in [0.15, 0.2) is 47.7 Å². The van der Waals surface area contributed by atoms with E-state index in [0.29, 0.717) is 13.0 Å². The van der Waals surface area contributed by atoms with E-state index in [2.05, 4.69) is 20.9 Å². The van der Waals surface area contributed by atoms with Gasteiger partial charge in [0.15, 0.2) is 0 Å². The third-order valence-electron chi connectivity index (χ3n) is 4.23. The Morgan fingerprint density at radius 2 is 2.08 bits per heavy atom. The second-order valence-corrected chi connectivity index (χ2v) is 5.99. The Balaban J connectivity index is 1.66. The summed E-state index contributed by atoms with van der Waals surface area (Å²) in [6.45, 7) is 2.04. The highest BCUT2D eigenvalue weighted by Crippen LogP contribution is 2.22. The third-order valence-corrected chi connectivity index (χ3v) is 4.23. The van der Waals surface area contributed by atoms with E-state index in [4.69, 9.17) is 5.73 Å². The SMILES string of the molecule is NC(=O)CCCn1ccc(C2=CCN(c3ncccn3)CC2)cc1=O. The quantitative estimate of drug-likeness (QED) is 0.853. The first-order chi connectivity index (χ1) is 12.1. The van der Waals surface area contributed by atoms with Gasteiger partial charge in [-0.05, 0) is 36.1 Å². The second-order valence-electron chi connectivity index (χ2n) is 5.99. The number of rotatable bonds is 6. The van der Waals surface area contributed by atoms with Crippen LogP contribution in [-0.4, -0.2) is 33.5 Å². The average Bonchev–Trinajstić information content (AvgIpc) is 2.64. The molecule has 0 unspecified atom stereocenters. The zero-order valence-corrected chi connectivity index (χ0v) is 14.0. The highest BCUT2D eigenvalue weighted by Gasteiger charge is 2.15. The number of hydrogen-bond donors (Lipinski definition) is 1. The molecule has 0 aliphatic carbocycles. The van der Waals surface area contributed by atoms with Crippen molar-refractivity contribution in [2.45, 2.75) is 25.8 Å². The van der Waals surface area contributed by atoms with E-state index in [1.54, 1.807) is 35.3 Å². The van der Waals surface area contributed by atoms with E-state index in [0.717, 1.165) is 36.6 Å². The number of aryl methyl sites for hydroxylation is 1. The van der Waals surface area contributed by atoms with Crippen molar-refractivity contribution in [1.82, 2.24) is 14.5 Å². The summed E-state index contributed by atoms with van der Waals surface area (Å²) in [5.41, 5.74) is 7.17. The number of carbonyl (C=O) groups excluding carboxylic acids is 1. The normalized spacial score (nSPS) is 14.2. The Morgan fingerprint density at radius 3 is 2.72 bits per heavy atom. The molecule has 1 aliphatic heterocycles. The first kappa shape index (κ1) is 16.9. The van der Waals surface area contributed by atoms with Gasteiger partial charge in [0.25, 0.3) is 5.56 Å². The molecule has 1 amide bonds. The first-order valence-electron chi connectivity index (χ1n) is 8.33. The van der Waals surface area contributed by atoms with Crippen LogP contribution in [0.25, 0.3) is 5.57 Å². The van der Waals surface area contributed by atoms with Crippen LogP contribution in [0.5, 0.6) is 0 Å². The Labute approximate surface area is 145 Å². The van der Waals surface area contributed by atoms with E-state index in [-0.39, 0.29) is 17.9 Å². The zero-order chi connectivity index (χ0) is 17.6. The van der Waals surface area contributed by atoms with Crippen LogP contribution in [0.2, 0.25) is 0 Å². The van der Waals surface area contributed by atoms with Crippen molar-refractivity contribution in [3.8, 4) is 0 Å². The van der Waals surface area contributed by atoms with E-state index >= 15 is 0 Å². The summed E-state index contributed by atoms with van der Waals surface area (Å²) in [5.74, 6) is 0.381. The van der Waals surface area contributed by atoms with Crippen molar-refractivity contribution >= 4 is 17.4 Å². The number of pyridine rings is 1. The van der Waals surface area contributed by atoms with Crippen molar-refractivity contribution in [3.63, 3.8) is 0 Å². The lowest BCUT2D eigenvalue weighted by atomic mass is 10.0. The van der Waals surface area contributed by atoms with Gasteiger partial charge in [0, 0.05) is 50.7 Å². The zero-order valence-electron chi connectivity index (χ0n) is 14.0. The fourth-order valence-electron chi connectivity index (χ4n) is 2.88. The summed E-state index contributed by atoms with van der Waals surface area (Å²) in [6.07, 6.45) is 9.07. The van der Waals surface area contributed by atoms with Gasteiger partial charge in [0.05, 0.1) is 0 Å². The van der Waals surface area contributed by atoms with E-state index in [1.165, 1.54) is 0 Å². The molecule has 0 saturated carbocycles. The summed E-state index contributed by atoms with van der Waals surface area (Å²) in [7, 11) is 0. The molecule has 3 rings (SSSR count). The topological polar surface area (TPSA) is 94.1 Å². The molecular weight excluding hydrogens is 318 g/mol. The highest BCUT2D eigenvalue weighted by atomic mass is 16.1. The van der Waals surface area contributed by atoms with Gasteiger partial charge in [-0.15, -0.1) is 0 Å². The average molecular weight is 339 g/mol. The Morgan fingerprint density at radius 1 is 1.28 bits per heavy atom. The number of amides is 1. The maximum Gasteiger partial charge on any atom is 0.251 e. The van der Waals surface area contributed by atoms with Crippen LogP contribution >= 0.6 is 0 Å². The number of hydrogen-bond acceptors (Lipinski definition) is 5. The van der Waals surface area contributed by atoms with Crippen LogP contribution in [0.4, 0.5) is 5.95 Å². The molecule has 0 aromatic carbocycles. The van der Waals surface area contributed by atoms with Gasteiger partial charge < -0.3 is 15.2 Å². The summed E-state index contributed by atoms with van der Waals surface area (Å²) in [4.78, 5) is 33.6. The fraction of sp³-hybridized carbons (Fsp3) is 0.333. The predicted octanol–water partition coefficient (Wildman–Crippen LogP) is 1.20. The van der Waals surface area contributed by atoms with Gasteiger partial charge >= 0.3 is 0 Å². The minimum absolute atomic E-state index is 0.0586. The van der Waals surface area contributed by atoms with Crippen LogP contribution in [0.1, 0.15) is 24.8 Å². The molecule has 7 heteroatoms. The molecule has 3 heterocycles. The van der Waals surface area contributed by atoms with Crippen LogP contribution < -0.4 is 16.2 Å². The monoisotopic (exact) mass is 339 g/mol. The number of carbonyl (C=O) groups is 1. The maximum atomic E-state index is 12.2. The molecule has 0 atom stereocenters. The number of aromatic nitrogens is 3. The molecule has 0 spiro atoms. The Kier molecular flexibility index (Phi) is 5.23. The van der Waals surface area contributed by atoms with Crippen molar-refractivity contribution < 1.29 is 4.79 Å². The minimum atomic E-state index is -0.344. The predicted molar refractivity (Wildman–Crippen MR) is 96.0 cm³/mol. The lowest BCUT2D eigenvalue weighted by Gasteiger charge is -2.26. The molecule has 130 valence electrons. The molecule has 0 fully saturated rings. The Hall–Kier alpha value is -2.96. The van der Waals surface area contributed by atoms with Crippen molar-refractivity contribution in [2.24, 2.45) is 5.73 Å². The van der Waals surface area contributed by atoms with E-state index < -0.39 is 0 Å². The lowest BCUT2D eigenvalue weighted by molar-refractivity contribution is -0.118. The lowest BCUT2D eigenvalue weighted by Crippen LogP contribution is -2.30. The molecule has 2 aromatic rings. The molecule has 1 aliphatic rings. The van der Waals surface area contributed by atoms with Crippen molar-refractivity contribution in [2.75, 3.05) is 18.0 Å². The van der Waals surface area contributed by atoms with E-state index in [9.17, 15) is 9.59 Å². The van der Waals surface area contributed by atoms with Gasteiger partial charge in [0.1, 0.15) is 0 Å². The van der Waals surface area contributed by atoms with Gasteiger partial charge in [0.2, 0.25) is 11.9 Å². The molecule has 25 heavy (non-hydrogen) atoms. The van der Waals surface area contributed by atoms with Gasteiger partial charge in [-0.2, -0.15) is 0 Å². The third kappa shape index (κ3) is 4.32. The molecule has 0 saturated heterocycles.